The van der Waals surface area contributed by atoms with Crippen LogP contribution in [0.2, 0.25) is 0 Å². The maximum Gasteiger partial charge on any atom is 0.303 e. The van der Waals surface area contributed by atoms with Gasteiger partial charge in [-0.15, -0.1) is 0 Å². The number of benzene rings is 1. The molecule has 3 rings (SSSR count). The quantitative estimate of drug-likeness (QED) is 0.896. The molecule has 2 aliphatic rings. The van der Waals surface area contributed by atoms with E-state index in [1.54, 1.807) is 7.11 Å². The topological polar surface area (TPSA) is 65.0 Å². The summed E-state index contributed by atoms with van der Waals surface area (Å²) < 4.78 is 16.3. The minimum absolute atomic E-state index is 0.0253. The highest BCUT2D eigenvalue weighted by Gasteiger charge is 2.37. The Bertz CT molecular complexity index is 521. The smallest absolute Gasteiger partial charge is 0.303 e. The standard InChI is InChI=1S/C15H18O5/c1-18-13-5-4-12-11(7-19-8-20-12)15(13)10(6-14(16)17)9-2-3-9/h4-5,9-10H,2-3,6-8H2,1H3,(H,16,17). The summed E-state index contributed by atoms with van der Waals surface area (Å²) in [4.78, 5) is 11.2. The summed E-state index contributed by atoms with van der Waals surface area (Å²) in [5.41, 5.74) is 1.89. The van der Waals surface area contributed by atoms with Crippen LogP contribution in [0.4, 0.5) is 0 Å². The molecule has 0 aromatic heterocycles. The van der Waals surface area contributed by atoms with Gasteiger partial charge in [-0.05, 0) is 30.9 Å². The summed E-state index contributed by atoms with van der Waals surface area (Å²) in [5, 5.41) is 9.19. The van der Waals surface area contributed by atoms with Crippen LogP contribution >= 0.6 is 0 Å². The second-order valence-electron chi connectivity index (χ2n) is 5.31. The number of carbonyl (C=O) groups is 1. The van der Waals surface area contributed by atoms with Gasteiger partial charge in [0.15, 0.2) is 6.79 Å². The van der Waals surface area contributed by atoms with Crippen molar-refractivity contribution in [2.24, 2.45) is 5.92 Å². The fourth-order valence-electron chi connectivity index (χ4n) is 2.93. The molecular formula is C15H18O5. The average molecular weight is 278 g/mol. The zero-order chi connectivity index (χ0) is 14.1. The highest BCUT2D eigenvalue weighted by molar-refractivity contribution is 5.69. The minimum atomic E-state index is -0.779. The number of ether oxygens (including phenoxy) is 3. The molecule has 1 atom stereocenters. The van der Waals surface area contributed by atoms with E-state index >= 15 is 0 Å². The zero-order valence-electron chi connectivity index (χ0n) is 11.4. The maximum atomic E-state index is 11.2. The van der Waals surface area contributed by atoms with E-state index in [0.717, 1.165) is 35.5 Å². The summed E-state index contributed by atoms with van der Waals surface area (Å²) in [6, 6.07) is 3.72. The fourth-order valence-corrected chi connectivity index (χ4v) is 2.93. The van der Waals surface area contributed by atoms with Gasteiger partial charge < -0.3 is 19.3 Å². The van der Waals surface area contributed by atoms with Gasteiger partial charge in [-0.25, -0.2) is 0 Å². The Morgan fingerprint density at radius 3 is 2.95 bits per heavy atom. The van der Waals surface area contributed by atoms with Crippen molar-refractivity contribution in [2.75, 3.05) is 13.9 Å². The van der Waals surface area contributed by atoms with E-state index in [0.29, 0.717) is 12.5 Å². The lowest BCUT2D eigenvalue weighted by Gasteiger charge is -2.26. The second kappa shape index (κ2) is 5.32. The first kappa shape index (κ1) is 13.2. The molecule has 1 saturated carbocycles. The molecule has 1 N–H and O–H groups in total. The summed E-state index contributed by atoms with van der Waals surface area (Å²) in [6.07, 6.45) is 2.27. The molecule has 1 heterocycles. The molecule has 1 aliphatic carbocycles. The lowest BCUT2D eigenvalue weighted by atomic mass is 9.86. The van der Waals surface area contributed by atoms with Gasteiger partial charge in [0.25, 0.3) is 0 Å². The number of aliphatic carboxylic acids is 1. The predicted molar refractivity (Wildman–Crippen MR) is 71.0 cm³/mol. The third-order valence-electron chi connectivity index (χ3n) is 3.99. The predicted octanol–water partition coefficient (Wildman–Crippen LogP) is 2.53. The number of carboxylic acids is 1. The molecule has 1 aromatic carbocycles. The van der Waals surface area contributed by atoms with E-state index in [1.165, 1.54) is 0 Å². The largest absolute Gasteiger partial charge is 0.496 e. The van der Waals surface area contributed by atoms with Gasteiger partial charge in [-0.2, -0.15) is 0 Å². The van der Waals surface area contributed by atoms with Crippen molar-refractivity contribution in [1.82, 2.24) is 0 Å². The normalized spacial score (nSPS) is 18.9. The molecule has 5 nitrogen and oxygen atoms in total. The molecule has 1 unspecified atom stereocenters. The fraction of sp³-hybridized carbons (Fsp3) is 0.533. The van der Waals surface area contributed by atoms with Crippen molar-refractivity contribution in [3.63, 3.8) is 0 Å². The van der Waals surface area contributed by atoms with Gasteiger partial charge >= 0.3 is 5.97 Å². The molecule has 0 saturated heterocycles. The lowest BCUT2D eigenvalue weighted by Crippen LogP contribution is -2.18. The third-order valence-corrected chi connectivity index (χ3v) is 3.99. The molecule has 5 heteroatoms. The Morgan fingerprint density at radius 2 is 2.30 bits per heavy atom. The van der Waals surface area contributed by atoms with Crippen molar-refractivity contribution < 1.29 is 24.1 Å². The second-order valence-corrected chi connectivity index (χ2v) is 5.31. The maximum absolute atomic E-state index is 11.2. The monoisotopic (exact) mass is 278 g/mol. The van der Waals surface area contributed by atoms with Gasteiger partial charge in [0, 0.05) is 17.0 Å². The number of hydrogen-bond acceptors (Lipinski definition) is 4. The van der Waals surface area contributed by atoms with Gasteiger partial charge in [-0.3, -0.25) is 4.79 Å². The van der Waals surface area contributed by atoms with Crippen molar-refractivity contribution in [1.29, 1.82) is 0 Å². The van der Waals surface area contributed by atoms with Crippen molar-refractivity contribution in [3.8, 4) is 11.5 Å². The molecule has 0 bridgehead atoms. The van der Waals surface area contributed by atoms with Gasteiger partial charge in [-0.1, -0.05) is 0 Å². The van der Waals surface area contributed by atoms with Crippen LogP contribution in [0.25, 0.3) is 0 Å². The van der Waals surface area contributed by atoms with Crippen LogP contribution in [0.3, 0.4) is 0 Å². The molecule has 0 amide bonds. The Hall–Kier alpha value is -1.75. The summed E-state index contributed by atoms with van der Waals surface area (Å²) in [5.74, 6) is 1.13. The Morgan fingerprint density at radius 1 is 1.50 bits per heavy atom. The highest BCUT2D eigenvalue weighted by atomic mass is 16.7. The van der Waals surface area contributed by atoms with Crippen LogP contribution in [0, 0.1) is 5.92 Å². The molecular weight excluding hydrogens is 260 g/mol. The van der Waals surface area contributed by atoms with E-state index < -0.39 is 5.97 Å². The van der Waals surface area contributed by atoms with Gasteiger partial charge in [0.1, 0.15) is 11.5 Å². The average Bonchev–Trinajstić information content (AvgIpc) is 3.28. The van der Waals surface area contributed by atoms with E-state index in [1.807, 2.05) is 12.1 Å². The third kappa shape index (κ3) is 2.45. The number of rotatable bonds is 5. The van der Waals surface area contributed by atoms with Gasteiger partial charge in [0.2, 0.25) is 0 Å². The highest BCUT2D eigenvalue weighted by Crippen LogP contribution is 2.50. The summed E-state index contributed by atoms with van der Waals surface area (Å²) in [7, 11) is 1.61. The molecule has 0 spiro atoms. The SMILES string of the molecule is COc1ccc2c(c1C(CC(=O)O)C1CC1)COCO2. The number of carboxylic acid groups (broad SMARTS) is 1. The molecule has 1 aliphatic heterocycles. The van der Waals surface area contributed by atoms with E-state index in [2.05, 4.69) is 0 Å². The Labute approximate surface area is 117 Å². The van der Waals surface area contributed by atoms with Crippen LogP contribution in [0.15, 0.2) is 12.1 Å². The van der Waals surface area contributed by atoms with Crippen LogP contribution in [-0.2, 0) is 16.1 Å². The van der Waals surface area contributed by atoms with Crippen LogP contribution < -0.4 is 9.47 Å². The first-order chi connectivity index (χ1) is 9.70. The zero-order valence-corrected chi connectivity index (χ0v) is 11.4. The number of hydrogen-bond donors (Lipinski definition) is 1. The number of methoxy groups -OCH3 is 1. The molecule has 0 radical (unpaired) electrons. The summed E-state index contributed by atoms with van der Waals surface area (Å²) in [6.45, 7) is 0.691. The molecule has 1 fully saturated rings. The number of fused-ring (bicyclic) bond motifs is 1. The van der Waals surface area contributed by atoms with E-state index in [9.17, 15) is 9.90 Å². The Kier molecular flexibility index (Phi) is 3.53. The van der Waals surface area contributed by atoms with E-state index in [-0.39, 0.29) is 19.1 Å². The molecule has 1 aromatic rings. The van der Waals surface area contributed by atoms with Crippen LogP contribution in [-0.4, -0.2) is 25.0 Å². The summed E-state index contributed by atoms with van der Waals surface area (Å²) >= 11 is 0. The van der Waals surface area contributed by atoms with Crippen molar-refractivity contribution in [2.45, 2.75) is 31.8 Å². The van der Waals surface area contributed by atoms with Crippen molar-refractivity contribution >= 4 is 5.97 Å². The van der Waals surface area contributed by atoms with Gasteiger partial charge in [0.05, 0.1) is 20.1 Å². The van der Waals surface area contributed by atoms with Crippen molar-refractivity contribution in [3.05, 3.63) is 23.3 Å². The van der Waals surface area contributed by atoms with E-state index in [4.69, 9.17) is 14.2 Å². The lowest BCUT2D eigenvalue weighted by molar-refractivity contribution is -0.137. The Balaban J connectivity index is 2.06. The molecule has 20 heavy (non-hydrogen) atoms. The minimum Gasteiger partial charge on any atom is -0.496 e. The van der Waals surface area contributed by atoms with Crippen LogP contribution in [0.1, 0.15) is 36.3 Å². The molecule has 108 valence electrons. The van der Waals surface area contributed by atoms with Crippen LogP contribution in [0.5, 0.6) is 11.5 Å². The first-order valence-electron chi connectivity index (χ1n) is 6.82. The first-order valence-corrected chi connectivity index (χ1v) is 6.82.